The summed E-state index contributed by atoms with van der Waals surface area (Å²) in [4.78, 5) is 16.9. The minimum atomic E-state index is 0.482. The first-order valence-corrected chi connectivity index (χ1v) is 10.6. The summed E-state index contributed by atoms with van der Waals surface area (Å²) in [7, 11) is 0. The normalized spacial score (nSPS) is 10.6. The van der Waals surface area contributed by atoms with Crippen LogP contribution in [-0.4, -0.2) is 33.0 Å². The highest BCUT2D eigenvalue weighted by Crippen LogP contribution is 2.34. The number of aromatic nitrogens is 4. The molecule has 0 aliphatic rings. The van der Waals surface area contributed by atoms with Crippen LogP contribution >= 0.6 is 23.2 Å². The van der Waals surface area contributed by atoms with Gasteiger partial charge in [-0.2, -0.15) is 5.26 Å². The third-order valence-corrected chi connectivity index (χ3v) is 5.21. The second-order valence-electron chi connectivity index (χ2n) is 7.03. The van der Waals surface area contributed by atoms with Gasteiger partial charge in [-0.05, 0) is 49.4 Å². The molecule has 0 atom stereocenters. The molecular weight excluding hydrogens is 445 g/mol. The van der Waals surface area contributed by atoms with E-state index >= 15 is 0 Å². The van der Waals surface area contributed by atoms with E-state index in [1.807, 2.05) is 25.1 Å². The highest BCUT2D eigenvalue weighted by molar-refractivity contribution is 6.36. The van der Waals surface area contributed by atoms with Crippen LogP contribution in [0.15, 0.2) is 54.9 Å². The third-order valence-electron chi connectivity index (χ3n) is 4.66. The fourth-order valence-corrected chi connectivity index (χ4v) is 3.61. The van der Waals surface area contributed by atoms with Crippen LogP contribution in [0.25, 0.3) is 22.8 Å². The number of rotatable bonds is 7. The van der Waals surface area contributed by atoms with Gasteiger partial charge in [0.2, 0.25) is 0 Å². The Labute approximate surface area is 195 Å². The Morgan fingerprint density at radius 3 is 2.44 bits per heavy atom. The van der Waals surface area contributed by atoms with E-state index < -0.39 is 0 Å². The molecular formula is C23H19Cl2N7. The lowest BCUT2D eigenvalue weighted by Gasteiger charge is -2.12. The van der Waals surface area contributed by atoms with Crippen molar-refractivity contribution >= 4 is 34.7 Å². The summed E-state index contributed by atoms with van der Waals surface area (Å²) in [5.41, 5.74) is 4.41. The van der Waals surface area contributed by atoms with Gasteiger partial charge < -0.3 is 15.6 Å². The van der Waals surface area contributed by atoms with E-state index in [1.165, 1.54) is 0 Å². The molecule has 0 aliphatic heterocycles. The minimum absolute atomic E-state index is 0.482. The fraction of sp³-hybridized carbons (Fsp3) is 0.130. The molecule has 0 aliphatic carbocycles. The number of nitrogens with one attached hydrogen (secondary N) is 3. The molecule has 160 valence electrons. The largest absolute Gasteiger partial charge is 0.383 e. The number of aryl methyl sites for hydroxylation is 1. The Balaban J connectivity index is 1.53. The number of hydrogen-bond acceptors (Lipinski definition) is 6. The number of nitriles is 1. The van der Waals surface area contributed by atoms with Gasteiger partial charge in [-0.3, -0.25) is 0 Å². The predicted octanol–water partition coefficient (Wildman–Crippen LogP) is 5.54. The van der Waals surface area contributed by atoms with Crippen LogP contribution < -0.4 is 10.6 Å². The van der Waals surface area contributed by atoms with E-state index in [0.29, 0.717) is 57.3 Å². The molecule has 0 saturated carbocycles. The summed E-state index contributed by atoms with van der Waals surface area (Å²) in [5, 5.41) is 16.5. The Morgan fingerprint density at radius 1 is 0.969 bits per heavy atom. The highest BCUT2D eigenvalue weighted by atomic mass is 35.5. The van der Waals surface area contributed by atoms with Crippen molar-refractivity contribution in [3.63, 3.8) is 0 Å². The lowest BCUT2D eigenvalue weighted by atomic mass is 10.1. The van der Waals surface area contributed by atoms with Crippen LogP contribution in [0, 0.1) is 18.3 Å². The zero-order valence-corrected chi connectivity index (χ0v) is 18.7. The highest BCUT2D eigenvalue weighted by Gasteiger charge is 2.17. The van der Waals surface area contributed by atoms with Crippen LogP contribution in [0.4, 0.5) is 11.5 Å². The summed E-state index contributed by atoms with van der Waals surface area (Å²) in [6.45, 7) is 3.20. The lowest BCUT2D eigenvalue weighted by Crippen LogP contribution is -2.15. The maximum Gasteiger partial charge on any atom is 0.158 e. The quantitative estimate of drug-likeness (QED) is 0.310. The molecule has 0 bridgehead atoms. The first-order valence-electron chi connectivity index (χ1n) is 9.86. The van der Waals surface area contributed by atoms with Gasteiger partial charge in [-0.25, -0.2) is 15.0 Å². The molecule has 0 unspecified atom stereocenters. The van der Waals surface area contributed by atoms with Gasteiger partial charge in [0.05, 0.1) is 22.9 Å². The minimum Gasteiger partial charge on any atom is -0.383 e. The average Bonchev–Trinajstić information content (AvgIpc) is 3.23. The first-order chi connectivity index (χ1) is 15.5. The maximum absolute atomic E-state index is 8.88. The summed E-state index contributed by atoms with van der Waals surface area (Å²) in [5.74, 6) is 1.23. The van der Waals surface area contributed by atoms with Gasteiger partial charge in [-0.1, -0.05) is 23.2 Å². The standard InChI is InChI=1S/C23H19Cl2N7/c1-14-12-30-23(31-14)22-21(18-7-4-16(24)10-19(18)25)32-20(13-29-22)28-9-8-27-17-5-2-15(11-26)3-6-17/h2-7,10,12-13,27H,8-9H2,1H3,(H,28,32)(H,30,31). The molecule has 2 heterocycles. The van der Waals surface area contributed by atoms with Gasteiger partial charge in [0, 0.05) is 41.3 Å². The fourth-order valence-electron chi connectivity index (χ4n) is 3.11. The van der Waals surface area contributed by atoms with Crippen LogP contribution in [0.1, 0.15) is 11.3 Å². The molecule has 0 saturated heterocycles. The summed E-state index contributed by atoms with van der Waals surface area (Å²) in [6.07, 6.45) is 3.41. The number of anilines is 2. The van der Waals surface area contributed by atoms with Crippen LogP contribution in [0.2, 0.25) is 10.0 Å². The van der Waals surface area contributed by atoms with Crippen molar-refractivity contribution in [2.75, 3.05) is 23.7 Å². The molecule has 2 aromatic heterocycles. The topological polar surface area (TPSA) is 102 Å². The van der Waals surface area contributed by atoms with Crippen molar-refractivity contribution < 1.29 is 0 Å². The zero-order valence-electron chi connectivity index (χ0n) is 17.2. The third kappa shape index (κ3) is 4.99. The second kappa shape index (κ2) is 9.69. The van der Waals surface area contributed by atoms with Crippen molar-refractivity contribution in [2.45, 2.75) is 6.92 Å². The number of hydrogen-bond donors (Lipinski definition) is 3. The number of benzene rings is 2. The van der Waals surface area contributed by atoms with E-state index in [9.17, 15) is 0 Å². The Hall–Kier alpha value is -3.60. The van der Waals surface area contributed by atoms with Crippen LogP contribution in [0.3, 0.4) is 0 Å². The Kier molecular flexibility index (Phi) is 6.55. The van der Waals surface area contributed by atoms with E-state index in [0.717, 1.165) is 11.4 Å². The molecule has 7 nitrogen and oxygen atoms in total. The molecule has 4 rings (SSSR count). The lowest BCUT2D eigenvalue weighted by molar-refractivity contribution is 1.05. The monoisotopic (exact) mass is 463 g/mol. The van der Waals surface area contributed by atoms with Gasteiger partial charge in [0.25, 0.3) is 0 Å². The van der Waals surface area contributed by atoms with E-state index in [1.54, 1.807) is 36.7 Å². The molecule has 4 aromatic rings. The number of halogens is 2. The molecule has 9 heteroatoms. The van der Waals surface area contributed by atoms with Gasteiger partial charge >= 0.3 is 0 Å². The van der Waals surface area contributed by atoms with Gasteiger partial charge in [0.15, 0.2) is 5.82 Å². The molecule has 3 N–H and O–H groups in total. The smallest absolute Gasteiger partial charge is 0.158 e. The van der Waals surface area contributed by atoms with Crippen molar-refractivity contribution in [1.82, 2.24) is 19.9 Å². The summed E-state index contributed by atoms with van der Waals surface area (Å²) >= 11 is 12.5. The predicted molar refractivity (Wildman–Crippen MR) is 128 cm³/mol. The zero-order chi connectivity index (χ0) is 22.5. The SMILES string of the molecule is Cc1cnc(-c2ncc(NCCNc3ccc(C#N)cc3)nc2-c2ccc(Cl)cc2Cl)[nH]1. The summed E-state index contributed by atoms with van der Waals surface area (Å²) < 4.78 is 0. The van der Waals surface area contributed by atoms with Gasteiger partial charge in [0.1, 0.15) is 17.2 Å². The van der Waals surface area contributed by atoms with Crippen LogP contribution in [-0.2, 0) is 0 Å². The van der Waals surface area contributed by atoms with E-state index in [4.69, 9.17) is 33.4 Å². The van der Waals surface area contributed by atoms with E-state index in [2.05, 4.69) is 31.7 Å². The molecule has 0 amide bonds. The average molecular weight is 464 g/mol. The van der Waals surface area contributed by atoms with E-state index in [-0.39, 0.29) is 0 Å². The number of aromatic amines is 1. The maximum atomic E-state index is 8.88. The van der Waals surface area contributed by atoms with Gasteiger partial charge in [-0.15, -0.1) is 0 Å². The second-order valence-corrected chi connectivity index (χ2v) is 7.88. The molecule has 0 fully saturated rings. The van der Waals surface area contributed by atoms with Crippen molar-refractivity contribution in [1.29, 1.82) is 5.26 Å². The molecule has 32 heavy (non-hydrogen) atoms. The van der Waals surface area contributed by atoms with Crippen LogP contribution in [0.5, 0.6) is 0 Å². The molecule has 0 spiro atoms. The molecule has 2 aromatic carbocycles. The van der Waals surface area contributed by atoms with Crippen molar-refractivity contribution in [2.24, 2.45) is 0 Å². The summed E-state index contributed by atoms with van der Waals surface area (Å²) in [6, 6.07) is 14.7. The Morgan fingerprint density at radius 2 is 1.75 bits per heavy atom. The first kappa shape index (κ1) is 21.6. The molecule has 0 radical (unpaired) electrons. The number of H-pyrrole nitrogens is 1. The number of imidazole rings is 1. The van der Waals surface area contributed by atoms with Crippen molar-refractivity contribution in [3.8, 4) is 28.8 Å². The number of nitrogens with zero attached hydrogens (tertiary/aromatic N) is 4. The Bertz CT molecular complexity index is 1280. The van der Waals surface area contributed by atoms with Crippen molar-refractivity contribution in [3.05, 3.63) is 76.2 Å².